The molecule has 0 aliphatic carbocycles. The van der Waals surface area contributed by atoms with E-state index in [1.807, 2.05) is 11.3 Å². The lowest BCUT2D eigenvalue weighted by Gasteiger charge is -2.26. The fourth-order valence-corrected chi connectivity index (χ4v) is 6.34. The van der Waals surface area contributed by atoms with Gasteiger partial charge in [-0.25, -0.2) is 0 Å². The first-order valence-corrected chi connectivity index (χ1v) is 13.7. The van der Waals surface area contributed by atoms with E-state index < -0.39 is 0 Å². The van der Waals surface area contributed by atoms with Gasteiger partial charge < -0.3 is 10.2 Å². The summed E-state index contributed by atoms with van der Waals surface area (Å²) in [6.07, 6.45) is 4.26. The van der Waals surface area contributed by atoms with Crippen LogP contribution in [0.15, 0.2) is 134 Å². The van der Waals surface area contributed by atoms with E-state index in [9.17, 15) is 0 Å². The van der Waals surface area contributed by atoms with Crippen LogP contribution < -0.4 is 10.2 Å². The minimum atomic E-state index is 0.900. The molecule has 2 nitrogen and oxygen atoms in total. The van der Waals surface area contributed by atoms with Crippen LogP contribution >= 0.6 is 11.3 Å². The predicted octanol–water partition coefficient (Wildman–Crippen LogP) is 9.78. The van der Waals surface area contributed by atoms with Crippen LogP contribution in [-0.2, 0) is 6.54 Å². The summed E-state index contributed by atoms with van der Waals surface area (Å²) in [7, 11) is 0. The Kier molecular flexibility index (Phi) is 5.76. The molecule has 5 aromatic carbocycles. The number of fused-ring (bicyclic) bond motifs is 3. The Morgan fingerprint density at radius 3 is 1.79 bits per heavy atom. The third-order valence-electron chi connectivity index (χ3n) is 7.14. The van der Waals surface area contributed by atoms with Crippen molar-refractivity contribution in [1.29, 1.82) is 0 Å². The first kappa shape index (κ1) is 22.6. The van der Waals surface area contributed by atoms with Crippen molar-refractivity contribution in [3.63, 3.8) is 0 Å². The van der Waals surface area contributed by atoms with Gasteiger partial charge in [-0.2, -0.15) is 0 Å². The Hall–Kier alpha value is -4.60. The van der Waals surface area contributed by atoms with Crippen molar-refractivity contribution in [3.8, 4) is 22.3 Å². The van der Waals surface area contributed by atoms with Crippen molar-refractivity contribution in [2.75, 3.05) is 4.90 Å². The maximum absolute atomic E-state index is 3.34. The van der Waals surface area contributed by atoms with Crippen LogP contribution in [-0.4, -0.2) is 0 Å². The molecule has 7 rings (SSSR count). The van der Waals surface area contributed by atoms with Gasteiger partial charge >= 0.3 is 0 Å². The molecular weight excluding hydrogens is 480 g/mol. The Balaban J connectivity index is 1.25. The largest absolute Gasteiger partial charge is 0.386 e. The molecule has 0 spiro atoms. The second-order valence-electron chi connectivity index (χ2n) is 9.49. The van der Waals surface area contributed by atoms with E-state index in [2.05, 4.69) is 150 Å². The molecule has 0 fully saturated rings. The molecule has 0 saturated carbocycles. The first-order chi connectivity index (χ1) is 18.8. The zero-order valence-corrected chi connectivity index (χ0v) is 21.7. The molecule has 1 aliphatic heterocycles. The maximum Gasteiger partial charge on any atom is 0.0495 e. The summed E-state index contributed by atoms with van der Waals surface area (Å²) in [6.45, 7) is 0.900. The summed E-state index contributed by atoms with van der Waals surface area (Å²) < 4.78 is 1.33. The lowest BCUT2D eigenvalue weighted by atomic mass is 10.00. The lowest BCUT2D eigenvalue weighted by molar-refractivity contribution is 0.878. The van der Waals surface area contributed by atoms with Crippen LogP contribution in [0.25, 0.3) is 38.4 Å². The van der Waals surface area contributed by atoms with Gasteiger partial charge in [-0.3, -0.25) is 0 Å². The minimum Gasteiger partial charge on any atom is -0.386 e. The predicted molar refractivity (Wildman–Crippen MR) is 163 cm³/mol. The Morgan fingerprint density at radius 2 is 1.11 bits per heavy atom. The number of thiophene rings is 1. The normalized spacial score (nSPS) is 12.2. The van der Waals surface area contributed by atoms with E-state index in [1.165, 1.54) is 42.8 Å². The average molecular weight is 507 g/mol. The SMILES string of the molecule is C1=Cc2c(sc3ccc(N(c4ccccc4)c4ccc(-c5ccc(-c6ccccc6)cc5)cc4)cc23)CN1. The highest BCUT2D eigenvalue weighted by molar-refractivity contribution is 7.19. The quantitative estimate of drug-likeness (QED) is 0.250. The topological polar surface area (TPSA) is 15.3 Å². The fraction of sp³-hybridized carbons (Fsp3) is 0.0286. The molecule has 6 aromatic rings. The van der Waals surface area contributed by atoms with Crippen molar-refractivity contribution >= 4 is 44.6 Å². The highest BCUT2D eigenvalue weighted by Gasteiger charge is 2.17. The molecule has 3 heteroatoms. The number of hydrogen-bond acceptors (Lipinski definition) is 3. The third-order valence-corrected chi connectivity index (χ3v) is 8.33. The monoisotopic (exact) mass is 506 g/mol. The number of nitrogens with one attached hydrogen (secondary N) is 1. The van der Waals surface area contributed by atoms with Gasteiger partial charge in [0, 0.05) is 38.6 Å². The number of para-hydroxylation sites is 1. The summed E-state index contributed by atoms with van der Waals surface area (Å²) >= 11 is 1.88. The van der Waals surface area contributed by atoms with Gasteiger partial charge in [0.2, 0.25) is 0 Å². The molecule has 0 saturated heterocycles. The third kappa shape index (κ3) is 4.17. The Bertz CT molecular complexity index is 1730. The van der Waals surface area contributed by atoms with Crippen molar-refractivity contribution in [1.82, 2.24) is 5.32 Å². The lowest BCUT2D eigenvalue weighted by Crippen LogP contribution is -2.10. The molecule has 1 aliphatic rings. The van der Waals surface area contributed by atoms with Crippen LogP contribution in [0.2, 0.25) is 0 Å². The first-order valence-electron chi connectivity index (χ1n) is 12.9. The molecule has 0 radical (unpaired) electrons. The Morgan fingerprint density at radius 1 is 0.553 bits per heavy atom. The molecule has 0 bridgehead atoms. The zero-order valence-electron chi connectivity index (χ0n) is 20.8. The van der Waals surface area contributed by atoms with Crippen LogP contribution in [0.4, 0.5) is 17.1 Å². The van der Waals surface area contributed by atoms with Gasteiger partial charge in [0.25, 0.3) is 0 Å². The molecule has 0 unspecified atom stereocenters. The summed E-state index contributed by atoms with van der Waals surface area (Å²) in [6, 6.07) is 45.7. The number of anilines is 3. The molecule has 1 aromatic heterocycles. The van der Waals surface area contributed by atoms with Crippen molar-refractivity contribution < 1.29 is 0 Å². The number of rotatable bonds is 5. The van der Waals surface area contributed by atoms with E-state index in [0.717, 1.165) is 23.6 Å². The minimum absolute atomic E-state index is 0.900. The van der Waals surface area contributed by atoms with Crippen molar-refractivity contribution in [2.45, 2.75) is 6.54 Å². The van der Waals surface area contributed by atoms with Crippen LogP contribution in [0.5, 0.6) is 0 Å². The summed E-state index contributed by atoms with van der Waals surface area (Å²) in [5.74, 6) is 0. The van der Waals surface area contributed by atoms with Crippen molar-refractivity contribution in [2.24, 2.45) is 0 Å². The zero-order chi connectivity index (χ0) is 25.3. The van der Waals surface area contributed by atoms with Crippen LogP contribution in [0.3, 0.4) is 0 Å². The molecular formula is C35H26N2S. The molecule has 1 N–H and O–H groups in total. The number of hydrogen-bond donors (Lipinski definition) is 1. The Labute approximate surface area is 227 Å². The average Bonchev–Trinajstić information content (AvgIpc) is 3.37. The van der Waals surface area contributed by atoms with E-state index in [4.69, 9.17) is 0 Å². The van der Waals surface area contributed by atoms with Crippen LogP contribution in [0.1, 0.15) is 10.4 Å². The van der Waals surface area contributed by atoms with Gasteiger partial charge in [0.1, 0.15) is 0 Å². The van der Waals surface area contributed by atoms with Gasteiger partial charge in [-0.1, -0.05) is 84.9 Å². The van der Waals surface area contributed by atoms with E-state index >= 15 is 0 Å². The van der Waals surface area contributed by atoms with Gasteiger partial charge in [-0.05, 0) is 82.6 Å². The fourth-order valence-electron chi connectivity index (χ4n) is 5.22. The maximum atomic E-state index is 3.34. The number of benzene rings is 5. The summed E-state index contributed by atoms with van der Waals surface area (Å²) in [5, 5.41) is 4.66. The van der Waals surface area contributed by atoms with Gasteiger partial charge in [0.15, 0.2) is 0 Å². The molecule has 182 valence electrons. The standard InChI is InChI=1S/C35H26N2S/c1-3-7-25(8-4-1)26-11-13-27(14-12-26)28-15-17-30(18-16-28)37(29-9-5-2-6-10-29)31-19-20-34-33(23-31)32-21-22-36-24-35(32)38-34/h1-23,36H,24H2. The molecule has 38 heavy (non-hydrogen) atoms. The second kappa shape index (κ2) is 9.70. The van der Waals surface area contributed by atoms with Crippen molar-refractivity contribution in [3.05, 3.63) is 144 Å². The molecule has 0 atom stereocenters. The molecule has 0 amide bonds. The second-order valence-corrected chi connectivity index (χ2v) is 10.6. The van der Waals surface area contributed by atoms with E-state index in [-0.39, 0.29) is 0 Å². The van der Waals surface area contributed by atoms with Crippen LogP contribution in [0, 0.1) is 0 Å². The number of nitrogens with zero attached hydrogens (tertiary/aromatic N) is 1. The van der Waals surface area contributed by atoms with Gasteiger partial charge in [0.05, 0.1) is 0 Å². The highest BCUT2D eigenvalue weighted by atomic mass is 32.1. The molecule has 2 heterocycles. The van der Waals surface area contributed by atoms with E-state index in [0.29, 0.717) is 0 Å². The van der Waals surface area contributed by atoms with Gasteiger partial charge in [-0.15, -0.1) is 11.3 Å². The smallest absolute Gasteiger partial charge is 0.0495 e. The summed E-state index contributed by atoms with van der Waals surface area (Å²) in [4.78, 5) is 3.74. The highest BCUT2D eigenvalue weighted by Crippen LogP contribution is 2.41. The van der Waals surface area contributed by atoms with E-state index in [1.54, 1.807) is 0 Å². The summed E-state index contributed by atoms with van der Waals surface area (Å²) in [5.41, 5.74) is 9.69.